The second-order valence-electron chi connectivity index (χ2n) is 20.8. The molecule has 5 rings (SSSR count). The minimum atomic E-state index is -3.48. The largest absolute Gasteiger partial charge is 0.459 e. The number of hydrogen-bond donors (Lipinski definition) is 7. The maximum absolute atomic E-state index is 14.2. The number of nitrogens with two attached hydrogens (primary N) is 2. The normalized spacial score (nSPS) is 40.2. The van der Waals surface area contributed by atoms with Gasteiger partial charge in [0.25, 0.3) is 0 Å². The molecule has 2 aromatic rings. The Morgan fingerprint density at radius 2 is 1.38 bits per heavy atom. The molecule has 3 saturated heterocycles. The average Bonchev–Trinajstić information content (AvgIpc) is 3.27. The van der Waals surface area contributed by atoms with E-state index in [1.54, 1.807) is 65.8 Å². The lowest BCUT2D eigenvalue weighted by Crippen LogP contribution is -2.60. The molecular formula is C50H84N4O14S. The van der Waals surface area contributed by atoms with E-state index in [1.165, 1.54) is 38.3 Å². The number of hydrogen-bond acceptors (Lipinski definition) is 18. The molecule has 0 aliphatic carbocycles. The molecule has 3 heterocycles. The van der Waals surface area contributed by atoms with Crippen LogP contribution in [0, 0.1) is 17.8 Å². The summed E-state index contributed by atoms with van der Waals surface area (Å²) in [5.41, 5.74) is 7.72. The van der Waals surface area contributed by atoms with Gasteiger partial charge in [-0.2, -0.15) is 0 Å². The van der Waals surface area contributed by atoms with Gasteiger partial charge in [-0.15, -0.1) is 0 Å². The third-order valence-corrected chi connectivity index (χ3v) is 16.4. The molecule has 0 bridgehead atoms. The van der Waals surface area contributed by atoms with Gasteiger partial charge in [0.05, 0.1) is 51.3 Å². The van der Waals surface area contributed by atoms with Gasteiger partial charge in [0.15, 0.2) is 12.6 Å². The van der Waals surface area contributed by atoms with Crippen molar-refractivity contribution in [2.75, 3.05) is 46.3 Å². The van der Waals surface area contributed by atoms with Crippen LogP contribution >= 0.6 is 0 Å². The Balaban J connectivity index is 0.000000507. The van der Waals surface area contributed by atoms with Gasteiger partial charge in [0.2, 0.25) is 9.84 Å². The highest BCUT2D eigenvalue weighted by atomic mass is 32.2. The van der Waals surface area contributed by atoms with E-state index in [2.05, 4.69) is 0 Å². The van der Waals surface area contributed by atoms with Crippen LogP contribution in [0.5, 0.6) is 0 Å². The first kappa shape index (κ1) is 58.5. The molecule has 9 N–H and O–H groups in total. The predicted molar refractivity (Wildman–Crippen MR) is 261 cm³/mol. The Hall–Kier alpha value is -3.02. The fourth-order valence-electron chi connectivity index (χ4n) is 10.2. The molecule has 0 radical (unpaired) electrons. The number of methoxy groups -OCH3 is 1. The lowest BCUT2D eigenvalue weighted by atomic mass is 9.77. The van der Waals surface area contributed by atoms with Crippen molar-refractivity contribution in [1.29, 1.82) is 0 Å². The van der Waals surface area contributed by atoms with Crippen molar-refractivity contribution in [3.63, 3.8) is 0 Å². The number of carbonyl (C=O) groups is 1. The van der Waals surface area contributed by atoms with Crippen molar-refractivity contribution in [2.45, 2.75) is 195 Å². The zero-order chi connectivity index (χ0) is 52.1. The van der Waals surface area contributed by atoms with Crippen LogP contribution in [-0.4, -0.2) is 175 Å². The van der Waals surface area contributed by atoms with Gasteiger partial charge in [-0.25, -0.2) is 8.42 Å². The Labute approximate surface area is 410 Å². The summed E-state index contributed by atoms with van der Waals surface area (Å²) < 4.78 is 61.9. The molecule has 2 aromatic carbocycles. The molecule has 18 atom stereocenters. The Morgan fingerprint density at radius 3 is 1.87 bits per heavy atom. The van der Waals surface area contributed by atoms with Crippen LogP contribution in [0.3, 0.4) is 0 Å². The van der Waals surface area contributed by atoms with Gasteiger partial charge in [0, 0.05) is 49.5 Å². The third kappa shape index (κ3) is 13.9. The summed E-state index contributed by atoms with van der Waals surface area (Å²) in [4.78, 5) is 18.5. The molecular weight excluding hydrogens is 913 g/mol. The smallest absolute Gasteiger partial charge is 0.311 e. The number of rotatable bonds is 9. The number of aliphatic hydroxyl groups excluding tert-OH is 3. The molecule has 0 aromatic heterocycles. The first-order chi connectivity index (χ1) is 31.9. The predicted octanol–water partition coefficient (Wildman–Crippen LogP) is 3.58. The van der Waals surface area contributed by atoms with Crippen LogP contribution in [0.4, 0.5) is 11.4 Å². The summed E-state index contributed by atoms with van der Waals surface area (Å²) in [6.45, 7) is 18.0. The van der Waals surface area contributed by atoms with Crippen LogP contribution in [0.1, 0.15) is 94.9 Å². The number of esters is 1. The lowest BCUT2D eigenvalue weighted by molar-refractivity contribution is -0.318. The van der Waals surface area contributed by atoms with Crippen LogP contribution < -0.4 is 11.5 Å². The fraction of sp³-hybridized carbons (Fsp3) is 0.740. The molecule has 19 heteroatoms. The van der Waals surface area contributed by atoms with Crippen LogP contribution in [-0.2, 0) is 43.1 Å². The number of ether oxygens (including phenoxy) is 6. The summed E-state index contributed by atoms with van der Waals surface area (Å²) in [6, 6.07) is 11.4. The van der Waals surface area contributed by atoms with Crippen LogP contribution in [0.2, 0.25) is 0 Å². The van der Waals surface area contributed by atoms with Gasteiger partial charge < -0.3 is 75.2 Å². The Kier molecular flexibility index (Phi) is 20.1. The first-order valence-corrected chi connectivity index (χ1v) is 25.6. The highest BCUT2D eigenvalue weighted by Crippen LogP contribution is 2.40. The molecule has 69 heavy (non-hydrogen) atoms. The maximum Gasteiger partial charge on any atom is 0.311 e. The number of nitrogen functional groups attached to an aromatic ring is 2. The molecule has 18 nitrogen and oxygen atoms in total. The second kappa shape index (κ2) is 23.7. The fourth-order valence-corrected chi connectivity index (χ4v) is 11.4. The van der Waals surface area contributed by atoms with Gasteiger partial charge >= 0.3 is 5.97 Å². The van der Waals surface area contributed by atoms with Crippen molar-refractivity contribution >= 4 is 27.2 Å². The topological polar surface area (TPSA) is 266 Å². The number of likely N-dealkylation sites (N-methyl/N-ethyl adjacent to an activating group) is 2. The van der Waals surface area contributed by atoms with Crippen molar-refractivity contribution in [3.05, 3.63) is 48.5 Å². The summed E-state index contributed by atoms with van der Waals surface area (Å²) in [7, 11) is 3.64. The second-order valence-corrected chi connectivity index (χ2v) is 22.8. The first-order valence-electron chi connectivity index (χ1n) is 24.1. The van der Waals surface area contributed by atoms with E-state index < -0.39 is 106 Å². The zero-order valence-electron chi connectivity index (χ0n) is 43.2. The number of anilines is 2. The minimum absolute atomic E-state index is 0.133. The minimum Gasteiger partial charge on any atom is -0.459 e. The maximum atomic E-state index is 14.2. The molecule has 3 fully saturated rings. The average molecular weight is 997 g/mol. The Bertz CT molecular complexity index is 1990. The summed E-state index contributed by atoms with van der Waals surface area (Å²) in [6.07, 6.45) is -8.19. The van der Waals surface area contributed by atoms with Gasteiger partial charge in [-0.05, 0) is 143 Å². The summed E-state index contributed by atoms with van der Waals surface area (Å²) in [5, 5.41) is 58.1. The van der Waals surface area contributed by atoms with Gasteiger partial charge in [-0.1, -0.05) is 20.8 Å². The highest BCUT2D eigenvalue weighted by molar-refractivity contribution is 7.91. The number of nitrogens with zero attached hydrogens (tertiary/aromatic N) is 2. The van der Waals surface area contributed by atoms with E-state index in [9.17, 15) is 38.7 Å². The number of sulfone groups is 1. The van der Waals surface area contributed by atoms with E-state index in [-0.39, 0.29) is 47.1 Å². The van der Waals surface area contributed by atoms with Crippen molar-refractivity contribution in [1.82, 2.24) is 9.80 Å². The van der Waals surface area contributed by atoms with Crippen LogP contribution in [0.25, 0.3) is 0 Å². The summed E-state index contributed by atoms with van der Waals surface area (Å²) >= 11 is 0. The number of cyclic esters (lactones) is 1. The van der Waals surface area contributed by atoms with Crippen molar-refractivity contribution in [3.8, 4) is 0 Å². The lowest BCUT2D eigenvalue weighted by Gasteiger charge is -2.48. The van der Waals surface area contributed by atoms with E-state index in [0.717, 1.165) is 0 Å². The third-order valence-electron chi connectivity index (χ3n) is 14.6. The van der Waals surface area contributed by atoms with Crippen molar-refractivity contribution < 1.29 is 67.2 Å². The van der Waals surface area contributed by atoms with Gasteiger partial charge in [0.1, 0.15) is 30.0 Å². The van der Waals surface area contributed by atoms with E-state index >= 15 is 0 Å². The SMILES string of the molecule is CC[C@H]1OC(=O)[C@H](C)[C@@H](OC2CC(C)(OC)C(O)C(C)O2)[C@H](C)[C@@H](OC2OC(C)CC(N(C)C)C2O)[C@](C)(O)C[C@@H](C)CN(C)[C@H](C)[C@@H](O)[C@]1(C)O.Nc1ccc(S(=O)(=O)c2ccc(N)cc2)cc1. The van der Waals surface area contributed by atoms with E-state index in [0.29, 0.717) is 24.3 Å². The van der Waals surface area contributed by atoms with Crippen molar-refractivity contribution in [2.24, 2.45) is 17.8 Å². The monoisotopic (exact) mass is 997 g/mol. The molecule has 8 unspecified atom stereocenters. The molecule has 0 saturated carbocycles. The summed E-state index contributed by atoms with van der Waals surface area (Å²) in [5.74, 6) is -2.58. The number of aliphatic hydroxyl groups is 5. The zero-order valence-corrected chi connectivity index (χ0v) is 44.0. The number of benzene rings is 2. The number of carbonyl (C=O) groups excluding carboxylic acids is 1. The van der Waals surface area contributed by atoms with Gasteiger partial charge in [-0.3, -0.25) is 4.79 Å². The Morgan fingerprint density at radius 1 is 0.841 bits per heavy atom. The molecule has 394 valence electrons. The van der Waals surface area contributed by atoms with E-state index in [4.69, 9.17) is 39.9 Å². The highest BCUT2D eigenvalue weighted by Gasteiger charge is 2.52. The standard InChI is InChI=1S/C38H72N2O12.C12H12N2O2S/c1-15-27-38(10,46)31(42)24(6)40(13)19-20(2)17-36(8,45)33(52-35-29(41)26(39(11)12)16-21(3)48-35)22(4)30(23(5)34(44)50-27)51-28-18-37(9,47-14)32(43)25(7)49-28;13-9-1-5-11(6-2-9)17(15,16)12-7-3-10(14)4-8-12/h20-33,35,41-43,45-46H,15-19H2,1-14H3;1-8H,13-14H2/t20-,21?,22+,23-,24-,25?,26?,27-,28?,29?,30+,31-,32?,33-,35?,36-,37?,38-;/m1./s1. The molecule has 3 aliphatic heterocycles. The molecule has 0 amide bonds. The molecule has 3 aliphatic rings. The van der Waals surface area contributed by atoms with Crippen LogP contribution in [0.15, 0.2) is 58.3 Å². The quantitative estimate of drug-likeness (QED) is 0.140. The van der Waals surface area contributed by atoms with E-state index in [1.807, 2.05) is 51.7 Å². The molecule has 0 spiro atoms.